The van der Waals surface area contributed by atoms with E-state index in [0.717, 1.165) is 0 Å². The van der Waals surface area contributed by atoms with Gasteiger partial charge in [-0.3, -0.25) is 4.79 Å². The lowest BCUT2D eigenvalue weighted by atomic mass is 9.99. The summed E-state index contributed by atoms with van der Waals surface area (Å²) >= 11 is 0. The Labute approximate surface area is 106 Å². The van der Waals surface area contributed by atoms with Crippen molar-refractivity contribution in [2.75, 3.05) is 13.7 Å². The van der Waals surface area contributed by atoms with Crippen molar-refractivity contribution >= 4 is 18.0 Å². The average molecular weight is 260 g/mol. The second kappa shape index (κ2) is 8.32. The summed E-state index contributed by atoms with van der Waals surface area (Å²) in [5, 5.41) is 13.7. The molecule has 7 heteroatoms. The molecule has 0 saturated heterocycles. The number of amides is 2. The van der Waals surface area contributed by atoms with E-state index >= 15 is 0 Å². The second-order valence-corrected chi connectivity index (χ2v) is 3.93. The van der Waals surface area contributed by atoms with Crippen LogP contribution in [-0.4, -0.2) is 42.8 Å². The third-order valence-corrected chi connectivity index (χ3v) is 2.61. The maximum Gasteiger partial charge on any atom is 0.326 e. The van der Waals surface area contributed by atoms with Crippen molar-refractivity contribution in [2.24, 2.45) is 5.92 Å². The fraction of sp³-hybridized carbons (Fsp3) is 0.727. The Morgan fingerprint density at radius 3 is 2.39 bits per heavy atom. The van der Waals surface area contributed by atoms with Gasteiger partial charge in [-0.2, -0.15) is 0 Å². The first kappa shape index (κ1) is 16.2. The third kappa shape index (κ3) is 6.07. The molecule has 3 N–H and O–H groups in total. The van der Waals surface area contributed by atoms with Gasteiger partial charge >= 0.3 is 18.0 Å². The number of aliphatic carboxylic acids is 1. The summed E-state index contributed by atoms with van der Waals surface area (Å²) in [7, 11) is 1.26. The molecule has 0 heterocycles. The number of carboxylic acids is 1. The first-order valence-electron chi connectivity index (χ1n) is 5.76. The fourth-order valence-corrected chi connectivity index (χ4v) is 1.26. The zero-order valence-corrected chi connectivity index (χ0v) is 10.9. The van der Waals surface area contributed by atoms with Crippen LogP contribution in [0.4, 0.5) is 4.79 Å². The lowest BCUT2D eigenvalue weighted by Crippen LogP contribution is -2.49. The number of hydrogen-bond donors (Lipinski definition) is 3. The molecule has 0 aliphatic carbocycles. The zero-order chi connectivity index (χ0) is 14.1. The van der Waals surface area contributed by atoms with E-state index in [4.69, 9.17) is 5.11 Å². The Morgan fingerprint density at radius 1 is 1.33 bits per heavy atom. The van der Waals surface area contributed by atoms with Gasteiger partial charge in [-0.15, -0.1) is 0 Å². The van der Waals surface area contributed by atoms with Gasteiger partial charge in [0.2, 0.25) is 0 Å². The predicted molar refractivity (Wildman–Crippen MR) is 64.0 cm³/mol. The number of ether oxygens (including phenoxy) is 1. The number of esters is 1. The molecule has 0 bridgehead atoms. The van der Waals surface area contributed by atoms with E-state index < -0.39 is 24.0 Å². The minimum atomic E-state index is -1.08. The number of rotatable bonds is 7. The summed E-state index contributed by atoms with van der Waals surface area (Å²) in [6.45, 7) is 3.69. The van der Waals surface area contributed by atoms with E-state index in [2.05, 4.69) is 15.4 Å². The minimum Gasteiger partial charge on any atom is -0.480 e. The summed E-state index contributed by atoms with van der Waals surface area (Å²) in [5.74, 6) is -1.69. The molecule has 0 fully saturated rings. The summed E-state index contributed by atoms with van der Waals surface area (Å²) in [5.41, 5.74) is 0. The van der Waals surface area contributed by atoms with Gasteiger partial charge in [-0.1, -0.05) is 20.3 Å². The highest BCUT2D eigenvalue weighted by Gasteiger charge is 2.25. The number of methoxy groups -OCH3 is 1. The summed E-state index contributed by atoms with van der Waals surface area (Å²) in [6.07, 6.45) is 0.685. The number of nitrogens with one attached hydrogen (secondary N) is 2. The Morgan fingerprint density at radius 2 is 1.94 bits per heavy atom. The molecule has 18 heavy (non-hydrogen) atoms. The molecule has 2 atom stereocenters. The van der Waals surface area contributed by atoms with E-state index in [9.17, 15) is 14.4 Å². The highest BCUT2D eigenvalue weighted by Crippen LogP contribution is 2.07. The van der Waals surface area contributed by atoms with Gasteiger partial charge in [0.25, 0.3) is 0 Å². The van der Waals surface area contributed by atoms with Gasteiger partial charge in [-0.05, 0) is 5.92 Å². The van der Waals surface area contributed by atoms with Crippen molar-refractivity contribution < 1.29 is 24.2 Å². The summed E-state index contributed by atoms with van der Waals surface area (Å²) in [6, 6.07) is -1.54. The topological polar surface area (TPSA) is 105 Å². The number of carbonyl (C=O) groups is 3. The minimum absolute atomic E-state index is 0.0466. The molecule has 0 rings (SSSR count). The van der Waals surface area contributed by atoms with Gasteiger partial charge in [0.05, 0.1) is 13.5 Å². The highest BCUT2D eigenvalue weighted by molar-refractivity contribution is 5.83. The van der Waals surface area contributed by atoms with Gasteiger partial charge in [-0.25, -0.2) is 9.59 Å². The van der Waals surface area contributed by atoms with Crippen LogP contribution in [0.5, 0.6) is 0 Å². The average Bonchev–Trinajstić information content (AvgIpc) is 2.34. The van der Waals surface area contributed by atoms with Crippen molar-refractivity contribution in [1.82, 2.24) is 10.6 Å². The first-order chi connectivity index (χ1) is 8.42. The second-order valence-electron chi connectivity index (χ2n) is 3.93. The summed E-state index contributed by atoms with van der Waals surface area (Å²) < 4.78 is 4.40. The van der Waals surface area contributed by atoms with Crippen LogP contribution in [0.25, 0.3) is 0 Å². The zero-order valence-electron chi connectivity index (χ0n) is 10.9. The quantitative estimate of drug-likeness (QED) is 0.573. The largest absolute Gasteiger partial charge is 0.480 e. The van der Waals surface area contributed by atoms with Crippen LogP contribution in [0.1, 0.15) is 26.7 Å². The van der Waals surface area contributed by atoms with Crippen molar-refractivity contribution in [1.29, 1.82) is 0 Å². The summed E-state index contributed by atoms with van der Waals surface area (Å²) in [4.78, 5) is 33.1. The maximum absolute atomic E-state index is 11.4. The Balaban J connectivity index is 4.11. The number of hydrogen-bond acceptors (Lipinski definition) is 4. The Bertz CT molecular complexity index is 306. The molecular formula is C11H20N2O5. The van der Waals surface area contributed by atoms with Crippen molar-refractivity contribution in [3.63, 3.8) is 0 Å². The highest BCUT2D eigenvalue weighted by atomic mass is 16.5. The van der Waals surface area contributed by atoms with Crippen LogP contribution in [0.3, 0.4) is 0 Å². The number of carbonyl (C=O) groups excluding carboxylic acids is 2. The molecular weight excluding hydrogens is 240 g/mol. The molecule has 0 aromatic rings. The molecule has 0 aliphatic rings. The maximum atomic E-state index is 11.4. The van der Waals surface area contributed by atoms with E-state index in [-0.39, 0.29) is 18.9 Å². The van der Waals surface area contributed by atoms with Crippen LogP contribution in [0.15, 0.2) is 0 Å². The SMILES string of the molecule is CCC(C)[C@H](NC(=O)NCCC(=O)OC)C(=O)O. The van der Waals surface area contributed by atoms with Crippen LogP contribution >= 0.6 is 0 Å². The molecule has 0 radical (unpaired) electrons. The molecule has 7 nitrogen and oxygen atoms in total. The van der Waals surface area contributed by atoms with Crippen LogP contribution in [-0.2, 0) is 14.3 Å². The van der Waals surface area contributed by atoms with Crippen LogP contribution < -0.4 is 10.6 Å². The van der Waals surface area contributed by atoms with E-state index in [0.29, 0.717) is 6.42 Å². The van der Waals surface area contributed by atoms with Gasteiger partial charge in [0, 0.05) is 6.54 Å². The van der Waals surface area contributed by atoms with Crippen molar-refractivity contribution in [3.8, 4) is 0 Å². The molecule has 0 saturated carbocycles. The number of carboxylic acid groups (broad SMARTS) is 1. The fourth-order valence-electron chi connectivity index (χ4n) is 1.26. The van der Waals surface area contributed by atoms with Crippen molar-refractivity contribution in [2.45, 2.75) is 32.7 Å². The van der Waals surface area contributed by atoms with Gasteiger partial charge in [0.1, 0.15) is 6.04 Å². The van der Waals surface area contributed by atoms with Gasteiger partial charge in [0.15, 0.2) is 0 Å². The molecule has 2 amide bonds. The normalized spacial score (nSPS) is 13.3. The van der Waals surface area contributed by atoms with Crippen LogP contribution in [0.2, 0.25) is 0 Å². The Hall–Kier alpha value is -1.79. The molecule has 104 valence electrons. The van der Waals surface area contributed by atoms with Gasteiger partial charge < -0.3 is 20.5 Å². The van der Waals surface area contributed by atoms with Crippen molar-refractivity contribution in [3.05, 3.63) is 0 Å². The van der Waals surface area contributed by atoms with E-state index in [1.165, 1.54) is 7.11 Å². The third-order valence-electron chi connectivity index (χ3n) is 2.61. The first-order valence-corrected chi connectivity index (χ1v) is 5.76. The smallest absolute Gasteiger partial charge is 0.326 e. The lowest BCUT2D eigenvalue weighted by Gasteiger charge is -2.20. The molecule has 0 aliphatic heterocycles. The van der Waals surface area contributed by atoms with Crippen LogP contribution in [0, 0.1) is 5.92 Å². The molecule has 0 aromatic carbocycles. The lowest BCUT2D eigenvalue weighted by molar-refractivity contribution is -0.141. The molecule has 0 spiro atoms. The standard InChI is InChI=1S/C11H20N2O5/c1-4-7(2)9(10(15)16)13-11(17)12-6-5-8(14)18-3/h7,9H,4-6H2,1-3H3,(H,15,16)(H2,12,13,17)/t7?,9-/m0/s1. The Kier molecular flexibility index (Phi) is 7.50. The molecule has 0 aromatic heterocycles. The number of urea groups is 1. The molecule has 1 unspecified atom stereocenters. The predicted octanol–water partition coefficient (Wildman–Crippen LogP) is 0.348. The monoisotopic (exact) mass is 260 g/mol. The van der Waals surface area contributed by atoms with E-state index in [1.54, 1.807) is 6.92 Å². The van der Waals surface area contributed by atoms with E-state index in [1.807, 2.05) is 6.92 Å².